The third kappa shape index (κ3) is 3.56. The number of amides is 2. The molecule has 5 nitrogen and oxygen atoms in total. The Morgan fingerprint density at radius 1 is 1.00 bits per heavy atom. The van der Waals surface area contributed by atoms with Crippen LogP contribution in [0, 0.1) is 5.82 Å². The first-order chi connectivity index (χ1) is 13.1. The molecule has 2 aliphatic rings. The summed E-state index contributed by atoms with van der Waals surface area (Å²) in [4.78, 5) is 31.9. The summed E-state index contributed by atoms with van der Waals surface area (Å²) in [6.45, 7) is 2.91. The van der Waals surface area contributed by atoms with Gasteiger partial charge in [-0.05, 0) is 36.4 Å². The minimum Gasteiger partial charge on any atom is -0.366 e. The molecule has 2 aliphatic heterocycles. The molecule has 0 aliphatic carbocycles. The number of halogens is 1. The van der Waals surface area contributed by atoms with Gasteiger partial charge in [-0.3, -0.25) is 9.59 Å². The lowest BCUT2D eigenvalue weighted by atomic mass is 10.1. The van der Waals surface area contributed by atoms with E-state index >= 15 is 0 Å². The smallest absolute Gasteiger partial charge is 0.264 e. The summed E-state index contributed by atoms with van der Waals surface area (Å²) < 4.78 is 14.0. The molecule has 0 saturated carbocycles. The molecule has 1 atom stereocenters. The van der Waals surface area contributed by atoms with Crippen LogP contribution in [0.4, 0.5) is 10.1 Å². The Labute approximate surface area is 162 Å². The van der Waals surface area contributed by atoms with Crippen molar-refractivity contribution < 1.29 is 14.0 Å². The summed E-state index contributed by atoms with van der Waals surface area (Å²) in [6.07, 6.45) is 1.56. The Kier molecular flexibility index (Phi) is 5.11. The number of anilines is 1. The highest BCUT2D eigenvalue weighted by molar-refractivity contribution is 7.12. The van der Waals surface area contributed by atoms with Crippen molar-refractivity contribution in [3.8, 4) is 0 Å². The van der Waals surface area contributed by atoms with E-state index in [1.54, 1.807) is 23.1 Å². The molecule has 27 heavy (non-hydrogen) atoms. The third-order valence-electron chi connectivity index (χ3n) is 5.32. The quantitative estimate of drug-likeness (QED) is 0.814. The van der Waals surface area contributed by atoms with E-state index in [4.69, 9.17) is 0 Å². The zero-order valence-corrected chi connectivity index (χ0v) is 15.8. The van der Waals surface area contributed by atoms with Gasteiger partial charge in [-0.15, -0.1) is 11.3 Å². The molecule has 1 aromatic heterocycles. The van der Waals surface area contributed by atoms with Gasteiger partial charge < -0.3 is 14.7 Å². The minimum absolute atomic E-state index is 0.0191. The van der Waals surface area contributed by atoms with Gasteiger partial charge in [-0.25, -0.2) is 4.39 Å². The summed E-state index contributed by atoms with van der Waals surface area (Å²) in [7, 11) is 0. The van der Waals surface area contributed by atoms with Gasteiger partial charge in [-0.1, -0.05) is 18.2 Å². The molecular weight excluding hydrogens is 365 g/mol. The number of rotatable bonds is 3. The lowest BCUT2D eigenvalue weighted by molar-refractivity contribution is -0.135. The summed E-state index contributed by atoms with van der Waals surface area (Å²) in [5, 5.41) is 1.88. The number of hydrogen-bond donors (Lipinski definition) is 0. The van der Waals surface area contributed by atoms with Crippen molar-refractivity contribution in [2.24, 2.45) is 0 Å². The van der Waals surface area contributed by atoms with Crippen molar-refractivity contribution in [2.75, 3.05) is 37.6 Å². The summed E-state index contributed by atoms with van der Waals surface area (Å²) >= 11 is 1.41. The van der Waals surface area contributed by atoms with Crippen molar-refractivity contribution in [3.63, 3.8) is 0 Å². The standard InChI is InChI=1S/C20H22FN3O2S/c21-15-5-1-2-6-16(15)22-10-12-23(13-11-22)19(25)17-7-3-9-24(17)20(26)18-8-4-14-27-18/h1-2,4-6,8,14,17H,3,7,9-13H2/t17-/m0/s1. The van der Waals surface area contributed by atoms with Crippen LogP contribution in [-0.2, 0) is 4.79 Å². The van der Waals surface area contributed by atoms with E-state index in [0.717, 1.165) is 6.42 Å². The molecule has 2 aromatic rings. The van der Waals surface area contributed by atoms with Gasteiger partial charge in [0.05, 0.1) is 10.6 Å². The molecule has 0 N–H and O–H groups in total. The lowest BCUT2D eigenvalue weighted by Gasteiger charge is -2.38. The normalized spacial score (nSPS) is 20.2. The molecule has 2 saturated heterocycles. The number of hydrogen-bond acceptors (Lipinski definition) is 4. The first-order valence-electron chi connectivity index (χ1n) is 9.28. The highest BCUT2D eigenvalue weighted by Crippen LogP contribution is 2.25. The second-order valence-corrected chi connectivity index (χ2v) is 7.85. The van der Waals surface area contributed by atoms with E-state index in [9.17, 15) is 14.0 Å². The molecular formula is C20H22FN3O2S. The fourth-order valence-electron chi connectivity index (χ4n) is 3.89. The third-order valence-corrected chi connectivity index (χ3v) is 6.17. The van der Waals surface area contributed by atoms with E-state index < -0.39 is 0 Å². The number of likely N-dealkylation sites (tertiary alicyclic amines) is 1. The first kappa shape index (κ1) is 18.0. The summed E-state index contributed by atoms with van der Waals surface area (Å²) in [6, 6.07) is 10.0. The molecule has 2 fully saturated rings. The second kappa shape index (κ2) is 7.68. The molecule has 0 spiro atoms. The number of thiophene rings is 1. The maximum absolute atomic E-state index is 14.0. The van der Waals surface area contributed by atoms with Gasteiger partial charge in [-0.2, -0.15) is 0 Å². The maximum atomic E-state index is 14.0. The van der Waals surface area contributed by atoms with Crippen molar-refractivity contribution in [2.45, 2.75) is 18.9 Å². The van der Waals surface area contributed by atoms with Gasteiger partial charge in [0, 0.05) is 32.7 Å². The number of nitrogens with zero attached hydrogens (tertiary/aromatic N) is 3. The van der Waals surface area contributed by atoms with Crippen LogP contribution in [0.1, 0.15) is 22.5 Å². The van der Waals surface area contributed by atoms with Crippen molar-refractivity contribution in [1.29, 1.82) is 0 Å². The predicted octanol–water partition coefficient (Wildman–Crippen LogP) is 2.84. The Balaban J connectivity index is 1.40. The number of piperazine rings is 1. The number of para-hydroxylation sites is 1. The van der Waals surface area contributed by atoms with Crippen molar-refractivity contribution in [1.82, 2.24) is 9.80 Å². The van der Waals surface area contributed by atoms with E-state index in [2.05, 4.69) is 0 Å². The van der Waals surface area contributed by atoms with Crippen LogP contribution < -0.4 is 4.90 Å². The Bertz CT molecular complexity index is 818. The van der Waals surface area contributed by atoms with Crippen LogP contribution in [0.25, 0.3) is 0 Å². The van der Waals surface area contributed by atoms with Gasteiger partial charge >= 0.3 is 0 Å². The lowest BCUT2D eigenvalue weighted by Crippen LogP contribution is -2.54. The Morgan fingerprint density at radius 2 is 1.78 bits per heavy atom. The van der Waals surface area contributed by atoms with Crippen LogP contribution in [0.15, 0.2) is 41.8 Å². The SMILES string of the molecule is O=C([C@@H]1CCCN1C(=O)c1cccs1)N1CCN(c2ccccc2F)CC1. The van der Waals surface area contributed by atoms with Crippen LogP contribution in [0.5, 0.6) is 0 Å². The predicted molar refractivity (Wildman–Crippen MR) is 104 cm³/mol. The number of carbonyl (C=O) groups excluding carboxylic acids is 2. The molecule has 0 radical (unpaired) electrons. The van der Waals surface area contributed by atoms with Gasteiger partial charge in [0.15, 0.2) is 0 Å². The zero-order valence-electron chi connectivity index (χ0n) is 15.0. The van der Waals surface area contributed by atoms with Crippen molar-refractivity contribution in [3.05, 3.63) is 52.5 Å². The van der Waals surface area contributed by atoms with E-state index in [0.29, 0.717) is 49.7 Å². The molecule has 3 heterocycles. The fourth-order valence-corrected chi connectivity index (χ4v) is 4.57. The Morgan fingerprint density at radius 3 is 2.48 bits per heavy atom. The monoisotopic (exact) mass is 387 g/mol. The average molecular weight is 387 g/mol. The molecule has 0 bridgehead atoms. The van der Waals surface area contributed by atoms with Crippen LogP contribution in [0.3, 0.4) is 0 Å². The maximum Gasteiger partial charge on any atom is 0.264 e. The van der Waals surface area contributed by atoms with Crippen LogP contribution in [0.2, 0.25) is 0 Å². The molecule has 142 valence electrons. The Hall–Kier alpha value is -2.41. The molecule has 0 unspecified atom stereocenters. The van der Waals surface area contributed by atoms with E-state index in [-0.39, 0.29) is 23.7 Å². The van der Waals surface area contributed by atoms with Gasteiger partial charge in [0.1, 0.15) is 11.9 Å². The van der Waals surface area contributed by atoms with Crippen LogP contribution in [-0.4, -0.2) is 60.4 Å². The van der Waals surface area contributed by atoms with Crippen molar-refractivity contribution >= 4 is 28.8 Å². The van der Waals surface area contributed by atoms with Crippen LogP contribution >= 0.6 is 11.3 Å². The first-order valence-corrected chi connectivity index (χ1v) is 10.2. The minimum atomic E-state index is -0.375. The molecule has 2 amide bonds. The summed E-state index contributed by atoms with van der Waals surface area (Å²) in [5.41, 5.74) is 0.583. The fraction of sp³-hybridized carbons (Fsp3) is 0.400. The van der Waals surface area contributed by atoms with E-state index in [1.807, 2.05) is 27.3 Å². The number of benzene rings is 1. The molecule has 4 rings (SSSR count). The summed E-state index contributed by atoms with van der Waals surface area (Å²) in [5.74, 6) is -0.266. The highest BCUT2D eigenvalue weighted by Gasteiger charge is 2.38. The average Bonchev–Trinajstić information content (AvgIpc) is 3.39. The molecule has 1 aromatic carbocycles. The molecule has 7 heteroatoms. The zero-order chi connectivity index (χ0) is 18.8. The largest absolute Gasteiger partial charge is 0.366 e. The second-order valence-electron chi connectivity index (χ2n) is 6.90. The van der Waals surface area contributed by atoms with Gasteiger partial charge in [0.25, 0.3) is 5.91 Å². The van der Waals surface area contributed by atoms with Gasteiger partial charge in [0.2, 0.25) is 5.91 Å². The number of carbonyl (C=O) groups is 2. The highest BCUT2D eigenvalue weighted by atomic mass is 32.1. The van der Waals surface area contributed by atoms with E-state index in [1.165, 1.54) is 17.4 Å². The topological polar surface area (TPSA) is 43.9 Å².